The first-order valence-corrected chi connectivity index (χ1v) is 6.26. The van der Waals surface area contributed by atoms with Crippen molar-refractivity contribution in [2.45, 2.75) is 45.6 Å². The highest BCUT2D eigenvalue weighted by Gasteiger charge is 2.19. The van der Waals surface area contributed by atoms with Crippen molar-refractivity contribution in [3.8, 4) is 0 Å². The predicted molar refractivity (Wildman–Crippen MR) is 69.6 cm³/mol. The maximum atomic E-state index is 5.32. The fourth-order valence-corrected chi connectivity index (χ4v) is 2.42. The second kappa shape index (κ2) is 5.31. The number of nitrogens with zero attached hydrogens (tertiary/aromatic N) is 2. The van der Waals surface area contributed by atoms with E-state index in [0.717, 1.165) is 17.3 Å². The minimum atomic E-state index is 0.460. The summed E-state index contributed by atoms with van der Waals surface area (Å²) in [6.07, 6.45) is 6.87. The highest BCUT2D eigenvalue weighted by atomic mass is 15.3. The number of aromatic nitrogens is 2. The predicted octanol–water partition coefficient (Wildman–Crippen LogP) is 2.06. The molecule has 1 aromatic rings. The van der Waals surface area contributed by atoms with Gasteiger partial charge in [0.05, 0.1) is 0 Å². The Morgan fingerprint density at radius 1 is 1.41 bits per heavy atom. The molecule has 1 aliphatic rings. The second-order valence-electron chi connectivity index (χ2n) is 4.98. The van der Waals surface area contributed by atoms with Crippen LogP contribution in [0.1, 0.15) is 38.2 Å². The lowest BCUT2D eigenvalue weighted by atomic mass is 9.87. The molecular formula is C12H21N5. The van der Waals surface area contributed by atoms with E-state index >= 15 is 0 Å². The van der Waals surface area contributed by atoms with Crippen LogP contribution in [0.4, 0.5) is 11.8 Å². The number of hydrazine groups is 1. The first-order valence-electron chi connectivity index (χ1n) is 6.26. The zero-order chi connectivity index (χ0) is 12.3. The van der Waals surface area contributed by atoms with Gasteiger partial charge in [0.1, 0.15) is 5.82 Å². The summed E-state index contributed by atoms with van der Waals surface area (Å²) in [6.45, 7) is 4.32. The van der Waals surface area contributed by atoms with Crippen molar-refractivity contribution in [2.75, 3.05) is 10.7 Å². The first kappa shape index (κ1) is 12.1. The number of nitrogens with one attached hydrogen (secondary N) is 2. The summed E-state index contributed by atoms with van der Waals surface area (Å²) in [6, 6.07) is 0.526. The van der Waals surface area contributed by atoms with E-state index in [-0.39, 0.29) is 0 Å². The van der Waals surface area contributed by atoms with Crippen molar-refractivity contribution in [3.63, 3.8) is 0 Å². The van der Waals surface area contributed by atoms with E-state index in [0.29, 0.717) is 12.0 Å². The summed E-state index contributed by atoms with van der Waals surface area (Å²) in [4.78, 5) is 8.43. The summed E-state index contributed by atoms with van der Waals surface area (Å²) < 4.78 is 0. The third-order valence-electron chi connectivity index (χ3n) is 3.38. The van der Waals surface area contributed by atoms with Gasteiger partial charge in [0, 0.05) is 17.8 Å². The molecule has 1 heterocycles. The molecule has 1 aromatic heterocycles. The SMILES string of the molecule is Cc1cnc(NN)nc1NC1CCCC(C)C1. The molecule has 1 saturated carbocycles. The van der Waals surface area contributed by atoms with Crippen molar-refractivity contribution in [1.29, 1.82) is 0 Å². The summed E-state index contributed by atoms with van der Waals surface area (Å²) in [5, 5.41) is 3.51. The standard InChI is InChI=1S/C12H21N5/c1-8-4-3-5-10(6-8)15-11-9(2)7-14-12(16-11)17-13/h7-8,10H,3-6,13H2,1-2H3,(H2,14,15,16,17). The van der Waals surface area contributed by atoms with Gasteiger partial charge in [-0.25, -0.2) is 10.8 Å². The molecule has 5 heteroatoms. The average Bonchev–Trinajstić information content (AvgIpc) is 2.32. The van der Waals surface area contributed by atoms with Crippen LogP contribution >= 0.6 is 0 Å². The average molecular weight is 235 g/mol. The Morgan fingerprint density at radius 2 is 2.24 bits per heavy atom. The maximum Gasteiger partial charge on any atom is 0.239 e. The van der Waals surface area contributed by atoms with Crippen LogP contribution in [0.25, 0.3) is 0 Å². The van der Waals surface area contributed by atoms with Gasteiger partial charge in [-0.3, -0.25) is 5.43 Å². The van der Waals surface area contributed by atoms with Gasteiger partial charge < -0.3 is 5.32 Å². The van der Waals surface area contributed by atoms with Crippen LogP contribution < -0.4 is 16.6 Å². The van der Waals surface area contributed by atoms with Gasteiger partial charge in [-0.1, -0.05) is 19.8 Å². The number of aryl methyl sites for hydroxylation is 1. The molecule has 17 heavy (non-hydrogen) atoms. The Bertz CT molecular complexity index is 379. The minimum Gasteiger partial charge on any atom is -0.367 e. The maximum absolute atomic E-state index is 5.32. The quantitative estimate of drug-likeness (QED) is 0.552. The topological polar surface area (TPSA) is 75.9 Å². The van der Waals surface area contributed by atoms with Gasteiger partial charge in [0.25, 0.3) is 0 Å². The first-order chi connectivity index (χ1) is 8.19. The fourth-order valence-electron chi connectivity index (χ4n) is 2.42. The molecule has 0 radical (unpaired) electrons. The molecule has 0 aromatic carbocycles. The number of rotatable bonds is 3. The van der Waals surface area contributed by atoms with Crippen LogP contribution in [0, 0.1) is 12.8 Å². The Balaban J connectivity index is 2.06. The smallest absolute Gasteiger partial charge is 0.239 e. The highest BCUT2D eigenvalue weighted by Crippen LogP contribution is 2.26. The van der Waals surface area contributed by atoms with Gasteiger partial charge in [-0.05, 0) is 25.7 Å². The Morgan fingerprint density at radius 3 is 2.94 bits per heavy atom. The molecule has 5 nitrogen and oxygen atoms in total. The van der Waals surface area contributed by atoms with Crippen molar-refractivity contribution >= 4 is 11.8 Å². The molecule has 4 N–H and O–H groups in total. The molecule has 2 atom stereocenters. The fraction of sp³-hybridized carbons (Fsp3) is 0.667. The van der Waals surface area contributed by atoms with Gasteiger partial charge in [-0.2, -0.15) is 4.98 Å². The number of anilines is 2. The third-order valence-corrected chi connectivity index (χ3v) is 3.38. The van der Waals surface area contributed by atoms with Gasteiger partial charge in [0.15, 0.2) is 0 Å². The van der Waals surface area contributed by atoms with Crippen LogP contribution in [0.2, 0.25) is 0 Å². The van der Waals surface area contributed by atoms with E-state index in [1.54, 1.807) is 6.20 Å². The van der Waals surface area contributed by atoms with Crippen LogP contribution in [0.5, 0.6) is 0 Å². The summed E-state index contributed by atoms with van der Waals surface area (Å²) in [5.41, 5.74) is 3.54. The summed E-state index contributed by atoms with van der Waals surface area (Å²) in [7, 11) is 0. The summed E-state index contributed by atoms with van der Waals surface area (Å²) >= 11 is 0. The summed E-state index contributed by atoms with van der Waals surface area (Å²) in [5.74, 6) is 7.48. The molecule has 94 valence electrons. The van der Waals surface area contributed by atoms with E-state index in [9.17, 15) is 0 Å². The van der Waals surface area contributed by atoms with E-state index in [1.807, 2.05) is 6.92 Å². The number of nitrogens with two attached hydrogens (primary N) is 1. The largest absolute Gasteiger partial charge is 0.367 e. The van der Waals surface area contributed by atoms with E-state index in [2.05, 4.69) is 27.6 Å². The van der Waals surface area contributed by atoms with E-state index in [4.69, 9.17) is 5.84 Å². The third kappa shape index (κ3) is 3.06. The second-order valence-corrected chi connectivity index (χ2v) is 4.98. The zero-order valence-electron chi connectivity index (χ0n) is 10.5. The lowest BCUT2D eigenvalue weighted by Crippen LogP contribution is -2.27. The van der Waals surface area contributed by atoms with Crippen molar-refractivity contribution in [2.24, 2.45) is 11.8 Å². The molecule has 0 bridgehead atoms. The molecule has 0 amide bonds. The van der Waals surface area contributed by atoms with Crippen molar-refractivity contribution in [3.05, 3.63) is 11.8 Å². The minimum absolute atomic E-state index is 0.460. The molecule has 1 aliphatic carbocycles. The normalized spacial score (nSPS) is 24.4. The molecule has 2 unspecified atom stereocenters. The Labute approximate surface area is 102 Å². The molecule has 1 fully saturated rings. The Kier molecular flexibility index (Phi) is 3.78. The molecule has 0 aliphatic heterocycles. The molecule has 0 spiro atoms. The van der Waals surface area contributed by atoms with E-state index < -0.39 is 0 Å². The van der Waals surface area contributed by atoms with Crippen LogP contribution in [-0.4, -0.2) is 16.0 Å². The van der Waals surface area contributed by atoms with Crippen LogP contribution in [0.15, 0.2) is 6.20 Å². The number of hydrogen-bond donors (Lipinski definition) is 3. The van der Waals surface area contributed by atoms with Crippen LogP contribution in [0.3, 0.4) is 0 Å². The number of nitrogen functional groups attached to an aromatic ring is 1. The molecule has 2 rings (SSSR count). The zero-order valence-corrected chi connectivity index (χ0v) is 10.5. The Hall–Kier alpha value is -1.36. The highest BCUT2D eigenvalue weighted by molar-refractivity contribution is 5.46. The van der Waals surface area contributed by atoms with Gasteiger partial charge >= 0.3 is 0 Å². The monoisotopic (exact) mass is 235 g/mol. The molecule has 0 saturated heterocycles. The van der Waals surface area contributed by atoms with Crippen molar-refractivity contribution < 1.29 is 0 Å². The van der Waals surface area contributed by atoms with E-state index in [1.165, 1.54) is 25.7 Å². The lowest BCUT2D eigenvalue weighted by Gasteiger charge is -2.28. The lowest BCUT2D eigenvalue weighted by molar-refractivity contribution is 0.358. The number of hydrogen-bond acceptors (Lipinski definition) is 5. The molecular weight excluding hydrogens is 214 g/mol. The van der Waals surface area contributed by atoms with Crippen molar-refractivity contribution in [1.82, 2.24) is 9.97 Å². The van der Waals surface area contributed by atoms with Crippen LogP contribution in [-0.2, 0) is 0 Å². The van der Waals surface area contributed by atoms with Gasteiger partial charge in [0.2, 0.25) is 5.95 Å². The van der Waals surface area contributed by atoms with Gasteiger partial charge in [-0.15, -0.1) is 0 Å².